The Morgan fingerprint density at radius 2 is 1.79 bits per heavy atom. The van der Waals surface area contributed by atoms with Crippen molar-refractivity contribution in [1.82, 2.24) is 5.32 Å². The molecule has 0 heterocycles. The number of hydrogen-bond acceptors (Lipinski definition) is 1. The van der Waals surface area contributed by atoms with Crippen molar-refractivity contribution in [2.45, 2.75) is 25.3 Å². The molecule has 1 aliphatic rings. The van der Waals surface area contributed by atoms with Crippen LogP contribution < -0.4 is 5.32 Å². The van der Waals surface area contributed by atoms with Gasteiger partial charge in [0.1, 0.15) is 0 Å². The monoisotopic (exact) mass is 251 g/mol. The minimum Gasteiger partial charge on any atom is -0.349 e. The summed E-state index contributed by atoms with van der Waals surface area (Å²) in [6.45, 7) is 0. The van der Waals surface area contributed by atoms with Crippen molar-refractivity contribution in [2.24, 2.45) is 0 Å². The van der Waals surface area contributed by atoms with E-state index in [1.165, 1.54) is 11.1 Å². The molecule has 0 aliphatic heterocycles. The van der Waals surface area contributed by atoms with Crippen LogP contribution in [0.2, 0.25) is 0 Å². The molecule has 0 unspecified atom stereocenters. The molecule has 0 radical (unpaired) electrons. The third-order valence-electron chi connectivity index (χ3n) is 3.68. The Hall–Kier alpha value is -2.09. The van der Waals surface area contributed by atoms with Gasteiger partial charge in [-0.25, -0.2) is 0 Å². The fourth-order valence-electron chi connectivity index (χ4n) is 2.73. The predicted molar refractivity (Wildman–Crippen MR) is 75.8 cm³/mol. The molecule has 0 saturated carbocycles. The fraction of sp³-hybridized carbons (Fsp3) is 0.235. The van der Waals surface area contributed by atoms with Crippen LogP contribution in [-0.2, 0) is 17.6 Å². The van der Waals surface area contributed by atoms with Gasteiger partial charge in [-0.1, -0.05) is 54.6 Å². The van der Waals surface area contributed by atoms with E-state index in [2.05, 4.69) is 23.5 Å². The minimum absolute atomic E-state index is 0.105. The number of rotatable bonds is 3. The smallest absolute Gasteiger partial charge is 0.224 e. The summed E-state index contributed by atoms with van der Waals surface area (Å²) in [5, 5.41) is 3.14. The van der Waals surface area contributed by atoms with E-state index < -0.39 is 0 Å². The number of carbonyl (C=O) groups is 1. The Bertz CT molecular complexity index is 577. The van der Waals surface area contributed by atoms with Gasteiger partial charge in [0.2, 0.25) is 5.91 Å². The Labute approximate surface area is 113 Å². The van der Waals surface area contributed by atoms with E-state index in [-0.39, 0.29) is 11.9 Å². The summed E-state index contributed by atoms with van der Waals surface area (Å²) in [5.74, 6) is 0.105. The zero-order chi connectivity index (χ0) is 13.1. The van der Waals surface area contributed by atoms with Crippen LogP contribution in [0.1, 0.15) is 29.2 Å². The standard InChI is InChI=1S/C17H17NO/c19-17(12-13-6-2-1-3-7-13)18-16-11-10-14-8-4-5-9-15(14)16/h1-9,16H,10-12H2,(H,18,19)/t16-/m0/s1. The van der Waals surface area contributed by atoms with Crippen molar-refractivity contribution in [3.05, 3.63) is 71.3 Å². The number of fused-ring (bicyclic) bond motifs is 1. The van der Waals surface area contributed by atoms with E-state index in [9.17, 15) is 4.79 Å². The molecule has 2 heteroatoms. The first-order chi connectivity index (χ1) is 9.33. The fourth-order valence-corrected chi connectivity index (χ4v) is 2.73. The Morgan fingerprint density at radius 1 is 1.05 bits per heavy atom. The quantitative estimate of drug-likeness (QED) is 0.892. The lowest BCUT2D eigenvalue weighted by molar-refractivity contribution is -0.121. The highest BCUT2D eigenvalue weighted by molar-refractivity contribution is 5.79. The summed E-state index contributed by atoms with van der Waals surface area (Å²) >= 11 is 0. The summed E-state index contributed by atoms with van der Waals surface area (Å²) in [6, 6.07) is 18.4. The minimum atomic E-state index is 0.105. The van der Waals surface area contributed by atoms with Crippen molar-refractivity contribution in [1.29, 1.82) is 0 Å². The van der Waals surface area contributed by atoms with Gasteiger partial charge in [-0.05, 0) is 29.5 Å². The van der Waals surface area contributed by atoms with Gasteiger partial charge in [0.05, 0.1) is 12.5 Å². The van der Waals surface area contributed by atoms with Gasteiger partial charge in [0.15, 0.2) is 0 Å². The molecule has 0 spiro atoms. The number of amides is 1. The van der Waals surface area contributed by atoms with Gasteiger partial charge in [0, 0.05) is 0 Å². The average Bonchev–Trinajstić information content (AvgIpc) is 2.83. The van der Waals surface area contributed by atoms with Gasteiger partial charge >= 0.3 is 0 Å². The van der Waals surface area contributed by atoms with Gasteiger partial charge in [-0.2, -0.15) is 0 Å². The topological polar surface area (TPSA) is 29.1 Å². The van der Waals surface area contributed by atoms with Crippen molar-refractivity contribution < 1.29 is 4.79 Å². The molecule has 96 valence electrons. The van der Waals surface area contributed by atoms with E-state index in [0.29, 0.717) is 6.42 Å². The summed E-state index contributed by atoms with van der Waals surface area (Å²) in [7, 11) is 0. The van der Waals surface area contributed by atoms with E-state index in [4.69, 9.17) is 0 Å². The van der Waals surface area contributed by atoms with Gasteiger partial charge in [-0.3, -0.25) is 4.79 Å². The molecule has 0 aromatic heterocycles. The average molecular weight is 251 g/mol. The zero-order valence-corrected chi connectivity index (χ0v) is 10.8. The second kappa shape index (κ2) is 5.27. The summed E-state index contributed by atoms with van der Waals surface area (Å²) in [5.41, 5.74) is 3.71. The highest BCUT2D eigenvalue weighted by atomic mass is 16.1. The van der Waals surface area contributed by atoms with Crippen LogP contribution in [0.3, 0.4) is 0 Å². The molecule has 0 saturated heterocycles. The van der Waals surface area contributed by atoms with Crippen molar-refractivity contribution in [3.63, 3.8) is 0 Å². The number of carbonyl (C=O) groups excluding carboxylic acids is 1. The largest absolute Gasteiger partial charge is 0.349 e. The molecular formula is C17H17NO. The molecule has 19 heavy (non-hydrogen) atoms. The second-order valence-electron chi connectivity index (χ2n) is 5.02. The molecule has 1 atom stereocenters. The molecule has 3 rings (SSSR count). The van der Waals surface area contributed by atoms with E-state index in [1.807, 2.05) is 36.4 Å². The summed E-state index contributed by atoms with van der Waals surface area (Å²) in [4.78, 5) is 12.1. The van der Waals surface area contributed by atoms with Gasteiger partial charge in [-0.15, -0.1) is 0 Å². The van der Waals surface area contributed by atoms with Crippen LogP contribution in [0, 0.1) is 0 Å². The maximum Gasteiger partial charge on any atom is 0.224 e. The molecule has 0 bridgehead atoms. The molecule has 2 aromatic rings. The highest BCUT2D eigenvalue weighted by Crippen LogP contribution is 2.30. The molecule has 2 aromatic carbocycles. The predicted octanol–water partition coefficient (Wildman–Crippen LogP) is 3.03. The molecule has 0 fully saturated rings. The molecule has 1 N–H and O–H groups in total. The van der Waals surface area contributed by atoms with Gasteiger partial charge in [0.25, 0.3) is 0 Å². The summed E-state index contributed by atoms with van der Waals surface area (Å²) in [6.07, 6.45) is 2.53. The van der Waals surface area contributed by atoms with Crippen molar-refractivity contribution >= 4 is 5.91 Å². The lowest BCUT2D eigenvalue weighted by Gasteiger charge is -2.14. The van der Waals surface area contributed by atoms with E-state index >= 15 is 0 Å². The van der Waals surface area contributed by atoms with E-state index in [1.54, 1.807) is 0 Å². The molecular weight excluding hydrogens is 234 g/mol. The number of hydrogen-bond donors (Lipinski definition) is 1. The normalized spacial score (nSPS) is 16.9. The van der Waals surface area contributed by atoms with Crippen LogP contribution in [0.25, 0.3) is 0 Å². The summed E-state index contributed by atoms with van der Waals surface area (Å²) < 4.78 is 0. The number of aryl methyl sites for hydroxylation is 1. The SMILES string of the molecule is O=C(Cc1ccccc1)N[C@H]1CCc2ccccc21. The first kappa shape index (κ1) is 12.0. The first-order valence-electron chi connectivity index (χ1n) is 6.74. The maximum atomic E-state index is 12.1. The Balaban J connectivity index is 1.65. The van der Waals surface area contributed by atoms with Crippen LogP contribution in [0.15, 0.2) is 54.6 Å². The van der Waals surface area contributed by atoms with Crippen molar-refractivity contribution in [2.75, 3.05) is 0 Å². The maximum absolute atomic E-state index is 12.1. The van der Waals surface area contributed by atoms with Gasteiger partial charge < -0.3 is 5.32 Å². The zero-order valence-electron chi connectivity index (χ0n) is 10.8. The first-order valence-corrected chi connectivity index (χ1v) is 6.74. The third kappa shape index (κ3) is 2.68. The van der Waals surface area contributed by atoms with E-state index in [0.717, 1.165) is 18.4 Å². The van der Waals surface area contributed by atoms with Crippen LogP contribution in [0.4, 0.5) is 0 Å². The van der Waals surface area contributed by atoms with Crippen LogP contribution in [0.5, 0.6) is 0 Å². The molecule has 1 aliphatic carbocycles. The highest BCUT2D eigenvalue weighted by Gasteiger charge is 2.23. The Kier molecular flexibility index (Phi) is 3.32. The Morgan fingerprint density at radius 3 is 2.63 bits per heavy atom. The van der Waals surface area contributed by atoms with Crippen LogP contribution in [-0.4, -0.2) is 5.91 Å². The number of benzene rings is 2. The second-order valence-corrected chi connectivity index (χ2v) is 5.02. The molecule has 1 amide bonds. The van der Waals surface area contributed by atoms with Crippen LogP contribution >= 0.6 is 0 Å². The third-order valence-corrected chi connectivity index (χ3v) is 3.68. The molecule has 2 nitrogen and oxygen atoms in total. The van der Waals surface area contributed by atoms with Crippen molar-refractivity contribution in [3.8, 4) is 0 Å². The number of nitrogens with one attached hydrogen (secondary N) is 1. The lowest BCUT2D eigenvalue weighted by Crippen LogP contribution is -2.28. The lowest BCUT2D eigenvalue weighted by atomic mass is 10.1.